The molecule has 0 radical (unpaired) electrons. The summed E-state index contributed by atoms with van der Waals surface area (Å²) in [4.78, 5) is 0. The second kappa shape index (κ2) is 5.41. The van der Waals surface area contributed by atoms with Crippen LogP contribution in [0.4, 0.5) is 4.39 Å². The number of halogens is 1. The maximum absolute atomic E-state index is 13.4. The van der Waals surface area contributed by atoms with Gasteiger partial charge in [-0.05, 0) is 39.8 Å². The number of benzene rings is 1. The zero-order chi connectivity index (χ0) is 12.2. The minimum absolute atomic E-state index is 0.0384. The Hall–Kier alpha value is -0.930. The van der Waals surface area contributed by atoms with Gasteiger partial charge in [0.25, 0.3) is 0 Å². The summed E-state index contributed by atoms with van der Waals surface area (Å²) >= 11 is 0. The van der Waals surface area contributed by atoms with Gasteiger partial charge in [-0.3, -0.25) is 0 Å². The van der Waals surface area contributed by atoms with Gasteiger partial charge < -0.3 is 10.4 Å². The van der Waals surface area contributed by atoms with Crippen molar-refractivity contribution < 1.29 is 9.50 Å². The van der Waals surface area contributed by atoms with Crippen molar-refractivity contribution in [3.8, 4) is 0 Å². The zero-order valence-electron chi connectivity index (χ0n) is 10.1. The van der Waals surface area contributed by atoms with Crippen molar-refractivity contribution in [2.75, 3.05) is 6.54 Å². The summed E-state index contributed by atoms with van der Waals surface area (Å²) in [6.45, 7) is 6.12. The first-order chi connectivity index (χ1) is 7.40. The number of aliphatic hydroxyl groups is 1. The molecule has 0 aliphatic carbocycles. The highest BCUT2D eigenvalue weighted by molar-refractivity contribution is 5.20. The van der Waals surface area contributed by atoms with Crippen LogP contribution in [-0.2, 0) is 0 Å². The second-order valence-corrected chi connectivity index (χ2v) is 4.76. The normalized spacial score (nSPS) is 13.8. The number of hydrogen-bond donors (Lipinski definition) is 2. The molecule has 1 aromatic rings. The molecule has 0 fully saturated rings. The molecule has 0 amide bonds. The van der Waals surface area contributed by atoms with Crippen LogP contribution in [0.5, 0.6) is 0 Å². The summed E-state index contributed by atoms with van der Waals surface area (Å²) in [7, 11) is 0. The summed E-state index contributed by atoms with van der Waals surface area (Å²) in [6, 6.07) is 6.71. The van der Waals surface area contributed by atoms with Gasteiger partial charge in [0.1, 0.15) is 5.82 Å². The topological polar surface area (TPSA) is 32.3 Å². The Morgan fingerprint density at radius 1 is 1.38 bits per heavy atom. The third kappa shape index (κ3) is 4.29. The monoisotopic (exact) mass is 225 g/mol. The Labute approximate surface area is 96.5 Å². The summed E-state index contributed by atoms with van der Waals surface area (Å²) < 4.78 is 13.4. The van der Waals surface area contributed by atoms with Crippen LogP contribution < -0.4 is 5.32 Å². The molecule has 1 aromatic carbocycles. The molecule has 90 valence electrons. The molecule has 1 atom stereocenters. The fourth-order valence-corrected chi connectivity index (χ4v) is 1.53. The lowest BCUT2D eigenvalue weighted by atomic mass is 10.0. The van der Waals surface area contributed by atoms with E-state index in [1.165, 1.54) is 6.07 Å². The molecular weight excluding hydrogens is 205 g/mol. The molecule has 0 saturated carbocycles. The summed E-state index contributed by atoms with van der Waals surface area (Å²) in [6.07, 6.45) is 0.645. The first kappa shape index (κ1) is 13.1. The fraction of sp³-hybridized carbons (Fsp3) is 0.538. The Balaban J connectivity index is 2.47. The predicted octanol–water partition coefficient (Wildman–Crippen LogP) is 2.64. The van der Waals surface area contributed by atoms with E-state index in [-0.39, 0.29) is 11.9 Å². The average molecular weight is 225 g/mol. The van der Waals surface area contributed by atoms with E-state index in [1.54, 1.807) is 26.0 Å². The Morgan fingerprint density at radius 3 is 2.56 bits per heavy atom. The van der Waals surface area contributed by atoms with E-state index in [0.717, 1.165) is 0 Å². The van der Waals surface area contributed by atoms with Crippen LogP contribution >= 0.6 is 0 Å². The number of nitrogens with one attached hydrogen (secondary N) is 1. The average Bonchev–Trinajstić information content (AvgIpc) is 2.16. The lowest BCUT2D eigenvalue weighted by Crippen LogP contribution is -2.28. The van der Waals surface area contributed by atoms with Gasteiger partial charge >= 0.3 is 0 Å². The van der Waals surface area contributed by atoms with Crippen LogP contribution in [0.2, 0.25) is 0 Å². The van der Waals surface area contributed by atoms with Crippen molar-refractivity contribution in [2.45, 2.75) is 38.8 Å². The minimum Gasteiger partial charge on any atom is -0.390 e. The molecule has 0 aliphatic heterocycles. The van der Waals surface area contributed by atoms with E-state index in [9.17, 15) is 9.50 Å². The zero-order valence-corrected chi connectivity index (χ0v) is 10.1. The molecule has 2 nitrogen and oxygen atoms in total. The third-order valence-corrected chi connectivity index (χ3v) is 2.56. The highest BCUT2D eigenvalue weighted by atomic mass is 19.1. The quantitative estimate of drug-likeness (QED) is 0.807. The molecule has 2 N–H and O–H groups in total. The fourth-order valence-electron chi connectivity index (χ4n) is 1.53. The molecule has 0 heterocycles. The minimum atomic E-state index is -0.679. The van der Waals surface area contributed by atoms with Gasteiger partial charge in [0.2, 0.25) is 0 Å². The van der Waals surface area contributed by atoms with Crippen LogP contribution in [-0.4, -0.2) is 17.3 Å². The maximum Gasteiger partial charge on any atom is 0.127 e. The molecule has 0 aromatic heterocycles. The maximum atomic E-state index is 13.4. The lowest BCUT2D eigenvalue weighted by Gasteiger charge is -2.20. The van der Waals surface area contributed by atoms with Crippen molar-refractivity contribution in [3.63, 3.8) is 0 Å². The number of rotatable bonds is 5. The van der Waals surface area contributed by atoms with Crippen LogP contribution in [0.1, 0.15) is 38.8 Å². The van der Waals surface area contributed by atoms with Gasteiger partial charge in [-0.2, -0.15) is 0 Å². The molecule has 1 rings (SSSR count). The SMILES string of the molecule is CC(NCCC(C)(C)O)c1ccccc1F. The smallest absolute Gasteiger partial charge is 0.127 e. The molecule has 0 spiro atoms. The Morgan fingerprint density at radius 2 is 2.00 bits per heavy atom. The first-order valence-electron chi connectivity index (χ1n) is 5.60. The molecule has 0 aliphatic rings. The molecule has 3 heteroatoms. The van der Waals surface area contributed by atoms with Crippen LogP contribution in [0, 0.1) is 5.82 Å². The van der Waals surface area contributed by atoms with Gasteiger partial charge in [-0.15, -0.1) is 0 Å². The van der Waals surface area contributed by atoms with Gasteiger partial charge in [-0.25, -0.2) is 4.39 Å². The van der Waals surface area contributed by atoms with Crippen molar-refractivity contribution in [3.05, 3.63) is 35.6 Å². The molecular formula is C13H20FNO. The predicted molar refractivity (Wildman–Crippen MR) is 63.7 cm³/mol. The lowest BCUT2D eigenvalue weighted by molar-refractivity contribution is 0.0705. The molecule has 1 unspecified atom stereocenters. The van der Waals surface area contributed by atoms with E-state index in [0.29, 0.717) is 18.5 Å². The molecule has 0 bridgehead atoms. The van der Waals surface area contributed by atoms with E-state index in [1.807, 2.05) is 13.0 Å². The summed E-state index contributed by atoms with van der Waals surface area (Å²) in [5, 5.41) is 12.7. The van der Waals surface area contributed by atoms with Crippen LogP contribution in [0.25, 0.3) is 0 Å². The highest BCUT2D eigenvalue weighted by Gasteiger charge is 2.14. The van der Waals surface area contributed by atoms with E-state index >= 15 is 0 Å². The highest BCUT2D eigenvalue weighted by Crippen LogP contribution is 2.16. The summed E-state index contributed by atoms with van der Waals surface area (Å²) in [5.74, 6) is -0.189. The van der Waals surface area contributed by atoms with Crippen molar-refractivity contribution >= 4 is 0 Å². The number of hydrogen-bond acceptors (Lipinski definition) is 2. The van der Waals surface area contributed by atoms with Crippen molar-refractivity contribution in [1.82, 2.24) is 5.32 Å². The third-order valence-electron chi connectivity index (χ3n) is 2.56. The van der Waals surface area contributed by atoms with Gasteiger partial charge in [0, 0.05) is 11.6 Å². The van der Waals surface area contributed by atoms with Gasteiger partial charge in [0.15, 0.2) is 0 Å². The molecule has 0 saturated heterocycles. The van der Waals surface area contributed by atoms with Crippen molar-refractivity contribution in [2.24, 2.45) is 0 Å². The second-order valence-electron chi connectivity index (χ2n) is 4.76. The first-order valence-corrected chi connectivity index (χ1v) is 5.60. The van der Waals surface area contributed by atoms with Crippen LogP contribution in [0.3, 0.4) is 0 Å². The van der Waals surface area contributed by atoms with E-state index in [4.69, 9.17) is 0 Å². The standard InChI is InChI=1S/C13H20FNO/c1-10(15-9-8-13(2,3)16)11-6-4-5-7-12(11)14/h4-7,10,15-16H,8-9H2,1-3H3. The van der Waals surface area contributed by atoms with Crippen LogP contribution in [0.15, 0.2) is 24.3 Å². The van der Waals surface area contributed by atoms with E-state index in [2.05, 4.69) is 5.32 Å². The summed E-state index contributed by atoms with van der Waals surface area (Å²) in [5.41, 5.74) is -0.0136. The molecule has 16 heavy (non-hydrogen) atoms. The van der Waals surface area contributed by atoms with Gasteiger partial charge in [-0.1, -0.05) is 18.2 Å². The Bertz CT molecular complexity index is 333. The Kier molecular flexibility index (Phi) is 4.44. The largest absolute Gasteiger partial charge is 0.390 e. The van der Waals surface area contributed by atoms with E-state index < -0.39 is 5.60 Å². The van der Waals surface area contributed by atoms with Crippen molar-refractivity contribution in [1.29, 1.82) is 0 Å². The van der Waals surface area contributed by atoms with Gasteiger partial charge in [0.05, 0.1) is 5.60 Å².